The summed E-state index contributed by atoms with van der Waals surface area (Å²) >= 11 is 1.26. The quantitative estimate of drug-likeness (QED) is 0.719. The number of hydrogen-bond donors (Lipinski definition) is 2. The van der Waals surface area contributed by atoms with E-state index in [2.05, 4.69) is 5.32 Å². The lowest BCUT2D eigenvalue weighted by Gasteiger charge is -2.10. The third-order valence-corrected chi connectivity index (χ3v) is 4.04. The molecule has 0 radical (unpaired) electrons. The topological polar surface area (TPSA) is 81.4 Å². The molecule has 0 aliphatic carbocycles. The number of amides is 2. The number of hydrogen-bond acceptors (Lipinski definition) is 4. The van der Waals surface area contributed by atoms with Gasteiger partial charge in [-0.15, -0.1) is 11.8 Å². The molecule has 0 aliphatic heterocycles. The van der Waals surface area contributed by atoms with Crippen molar-refractivity contribution >= 4 is 29.3 Å². The molecule has 2 aromatic carbocycles. The van der Waals surface area contributed by atoms with Gasteiger partial charge in [0.2, 0.25) is 11.8 Å². The van der Waals surface area contributed by atoms with E-state index in [0.29, 0.717) is 11.4 Å². The Balaban J connectivity index is 1.83. The van der Waals surface area contributed by atoms with E-state index in [9.17, 15) is 14.0 Å². The van der Waals surface area contributed by atoms with Crippen molar-refractivity contribution in [3.05, 3.63) is 54.3 Å². The van der Waals surface area contributed by atoms with Crippen LogP contribution in [-0.2, 0) is 9.59 Å². The zero-order chi connectivity index (χ0) is 17.4. The van der Waals surface area contributed by atoms with Gasteiger partial charge in [-0.1, -0.05) is 12.1 Å². The third kappa shape index (κ3) is 5.92. The van der Waals surface area contributed by atoms with Crippen LogP contribution >= 0.6 is 11.8 Å². The fourth-order valence-corrected chi connectivity index (χ4v) is 2.60. The second-order valence-electron chi connectivity index (χ2n) is 4.85. The van der Waals surface area contributed by atoms with Crippen LogP contribution in [0.3, 0.4) is 0 Å². The number of halogens is 1. The molecule has 0 heterocycles. The molecular formula is C17H17FN2O3S. The molecule has 0 saturated heterocycles. The summed E-state index contributed by atoms with van der Waals surface area (Å²) in [5, 5.41) is 2.78. The molecule has 2 rings (SSSR count). The summed E-state index contributed by atoms with van der Waals surface area (Å²) in [4.78, 5) is 23.6. The monoisotopic (exact) mass is 348 g/mol. The van der Waals surface area contributed by atoms with Crippen molar-refractivity contribution in [1.82, 2.24) is 0 Å². The number of nitrogens with one attached hydrogen (secondary N) is 1. The second-order valence-corrected chi connectivity index (χ2v) is 5.87. The number of benzene rings is 2. The van der Waals surface area contributed by atoms with Crippen molar-refractivity contribution in [2.24, 2.45) is 5.73 Å². The van der Waals surface area contributed by atoms with Gasteiger partial charge in [-0.2, -0.15) is 0 Å². The van der Waals surface area contributed by atoms with Crippen molar-refractivity contribution in [3.63, 3.8) is 0 Å². The van der Waals surface area contributed by atoms with Gasteiger partial charge in [0.05, 0.1) is 24.5 Å². The van der Waals surface area contributed by atoms with E-state index in [0.717, 1.165) is 4.90 Å². The third-order valence-electron chi connectivity index (χ3n) is 2.94. The maximum absolute atomic E-state index is 12.8. The molecule has 2 amide bonds. The molecule has 0 spiro atoms. The molecule has 0 saturated carbocycles. The second kappa shape index (κ2) is 8.93. The Labute approximate surface area is 143 Å². The molecule has 0 unspecified atom stereocenters. The van der Waals surface area contributed by atoms with Crippen LogP contribution in [0.4, 0.5) is 10.1 Å². The van der Waals surface area contributed by atoms with Crippen LogP contribution in [0.5, 0.6) is 5.75 Å². The van der Waals surface area contributed by atoms with E-state index < -0.39 is 5.91 Å². The van der Waals surface area contributed by atoms with Gasteiger partial charge in [0.15, 0.2) is 0 Å². The first-order valence-corrected chi connectivity index (χ1v) is 8.21. The van der Waals surface area contributed by atoms with Crippen LogP contribution in [0.1, 0.15) is 6.42 Å². The Hall–Kier alpha value is -2.54. The van der Waals surface area contributed by atoms with E-state index in [1.807, 2.05) is 6.07 Å². The van der Waals surface area contributed by atoms with E-state index in [1.54, 1.807) is 18.2 Å². The molecule has 0 aromatic heterocycles. The minimum absolute atomic E-state index is 0.139. The van der Waals surface area contributed by atoms with Gasteiger partial charge in [-0.3, -0.25) is 9.59 Å². The summed E-state index contributed by atoms with van der Waals surface area (Å²) in [6.45, 7) is 0.175. The van der Waals surface area contributed by atoms with Crippen molar-refractivity contribution in [2.75, 3.05) is 17.7 Å². The largest absolute Gasteiger partial charge is 0.493 e. The summed E-state index contributed by atoms with van der Waals surface area (Å²) in [6.07, 6.45) is 0.145. The number of para-hydroxylation sites is 1. The number of carbonyl (C=O) groups excluding carboxylic acids is 2. The van der Waals surface area contributed by atoms with Gasteiger partial charge < -0.3 is 15.8 Å². The van der Waals surface area contributed by atoms with E-state index in [4.69, 9.17) is 10.5 Å². The Morgan fingerprint density at radius 3 is 2.54 bits per heavy atom. The molecule has 7 heteroatoms. The van der Waals surface area contributed by atoms with Gasteiger partial charge in [0.25, 0.3) is 0 Å². The maximum Gasteiger partial charge on any atom is 0.227 e. The summed E-state index contributed by atoms with van der Waals surface area (Å²) in [5.74, 6) is -0.342. The van der Waals surface area contributed by atoms with Crippen molar-refractivity contribution < 1.29 is 18.7 Å². The highest BCUT2D eigenvalue weighted by Crippen LogP contribution is 2.26. The van der Waals surface area contributed by atoms with Gasteiger partial charge in [0.1, 0.15) is 11.6 Å². The fraction of sp³-hybridized carbons (Fsp3) is 0.176. The Morgan fingerprint density at radius 2 is 1.83 bits per heavy atom. The highest BCUT2D eigenvalue weighted by Gasteiger charge is 2.08. The van der Waals surface area contributed by atoms with Gasteiger partial charge in [-0.25, -0.2) is 4.39 Å². The first-order chi connectivity index (χ1) is 11.5. The number of nitrogens with two attached hydrogens (primary N) is 1. The standard InChI is InChI=1S/C17H17FN2O3S/c18-12-5-7-13(8-6-12)23-10-9-17(22)20-14-3-1-2-4-15(14)24-11-16(19)21/h1-8H,9-11H2,(H2,19,21)(H,20,22). The van der Waals surface area contributed by atoms with Crippen LogP contribution in [-0.4, -0.2) is 24.2 Å². The molecule has 0 fully saturated rings. The first kappa shape index (κ1) is 17.8. The van der Waals surface area contributed by atoms with Crippen molar-refractivity contribution in [1.29, 1.82) is 0 Å². The van der Waals surface area contributed by atoms with Crippen LogP contribution in [0.25, 0.3) is 0 Å². The van der Waals surface area contributed by atoms with Crippen molar-refractivity contribution in [2.45, 2.75) is 11.3 Å². The molecule has 5 nitrogen and oxygen atoms in total. The molecule has 0 bridgehead atoms. The number of thioether (sulfide) groups is 1. The van der Waals surface area contributed by atoms with E-state index in [1.165, 1.54) is 36.0 Å². The molecule has 0 aliphatic rings. The first-order valence-electron chi connectivity index (χ1n) is 7.23. The lowest BCUT2D eigenvalue weighted by atomic mass is 10.3. The van der Waals surface area contributed by atoms with Gasteiger partial charge in [0, 0.05) is 4.90 Å². The molecule has 126 valence electrons. The molecule has 0 atom stereocenters. The maximum atomic E-state index is 12.8. The molecule has 3 N–H and O–H groups in total. The number of primary amides is 1. The minimum atomic E-state index is -0.422. The average molecular weight is 348 g/mol. The van der Waals surface area contributed by atoms with Crippen LogP contribution < -0.4 is 15.8 Å². The SMILES string of the molecule is NC(=O)CSc1ccccc1NC(=O)CCOc1ccc(F)cc1. The normalized spacial score (nSPS) is 10.2. The summed E-state index contributed by atoms with van der Waals surface area (Å²) in [6, 6.07) is 12.8. The Kier molecular flexibility index (Phi) is 6.62. The fourth-order valence-electron chi connectivity index (χ4n) is 1.85. The number of anilines is 1. The van der Waals surface area contributed by atoms with Gasteiger partial charge >= 0.3 is 0 Å². The Morgan fingerprint density at radius 1 is 1.12 bits per heavy atom. The van der Waals surface area contributed by atoms with Crippen molar-refractivity contribution in [3.8, 4) is 5.75 Å². The molecule has 2 aromatic rings. The van der Waals surface area contributed by atoms with Crippen LogP contribution in [0.2, 0.25) is 0 Å². The smallest absolute Gasteiger partial charge is 0.227 e. The van der Waals surface area contributed by atoms with Crippen LogP contribution in [0, 0.1) is 5.82 Å². The Bertz CT molecular complexity index is 707. The van der Waals surface area contributed by atoms with Gasteiger partial charge in [-0.05, 0) is 36.4 Å². The van der Waals surface area contributed by atoms with E-state index in [-0.39, 0.29) is 30.5 Å². The predicted octanol–water partition coefficient (Wildman–Crippen LogP) is 2.81. The lowest BCUT2D eigenvalue weighted by Crippen LogP contribution is -2.16. The summed E-state index contributed by atoms with van der Waals surface area (Å²) in [7, 11) is 0. The molecular weight excluding hydrogens is 331 g/mol. The molecule has 24 heavy (non-hydrogen) atoms. The highest BCUT2D eigenvalue weighted by molar-refractivity contribution is 8.00. The number of rotatable bonds is 8. The average Bonchev–Trinajstić information content (AvgIpc) is 2.56. The zero-order valence-corrected chi connectivity index (χ0v) is 13.6. The number of carbonyl (C=O) groups is 2. The zero-order valence-electron chi connectivity index (χ0n) is 12.8. The van der Waals surface area contributed by atoms with E-state index >= 15 is 0 Å². The lowest BCUT2D eigenvalue weighted by molar-refractivity contribution is -0.117. The number of ether oxygens (including phenoxy) is 1. The predicted molar refractivity (Wildman–Crippen MR) is 91.5 cm³/mol. The summed E-state index contributed by atoms with van der Waals surface area (Å²) < 4.78 is 18.2. The highest BCUT2D eigenvalue weighted by atomic mass is 32.2. The summed E-state index contributed by atoms with van der Waals surface area (Å²) in [5.41, 5.74) is 5.76. The van der Waals surface area contributed by atoms with Crippen LogP contribution in [0.15, 0.2) is 53.4 Å². The minimum Gasteiger partial charge on any atom is -0.493 e.